The van der Waals surface area contributed by atoms with Crippen molar-refractivity contribution in [2.45, 2.75) is 52.1 Å². The molecule has 1 aliphatic rings. The number of carbonyl (C=O) groups is 1. The van der Waals surface area contributed by atoms with Crippen molar-refractivity contribution >= 4 is 17.2 Å². The molecule has 4 nitrogen and oxygen atoms in total. The predicted octanol–water partition coefficient (Wildman–Crippen LogP) is 2.20. The number of rotatable bonds is 4. The van der Waals surface area contributed by atoms with Gasteiger partial charge in [-0.25, -0.2) is 4.98 Å². The smallest absolute Gasteiger partial charge is 0.226 e. The topological polar surface area (TPSA) is 45.2 Å². The van der Waals surface area contributed by atoms with Crippen LogP contribution in [0.5, 0.6) is 0 Å². The molecule has 1 fully saturated rings. The Morgan fingerprint density at radius 2 is 2.11 bits per heavy atom. The van der Waals surface area contributed by atoms with Gasteiger partial charge in [-0.05, 0) is 46.7 Å². The van der Waals surface area contributed by atoms with Gasteiger partial charge in [0, 0.05) is 10.9 Å². The minimum absolute atomic E-state index is 0.0468. The maximum Gasteiger partial charge on any atom is 0.226 e. The SMILES string of the molecule is CC(C)(C)NC(=O)Cc1csc(CN2CCCC2)n1. The van der Waals surface area contributed by atoms with E-state index in [2.05, 4.69) is 15.2 Å². The third-order valence-corrected chi connectivity index (χ3v) is 3.90. The van der Waals surface area contributed by atoms with E-state index in [4.69, 9.17) is 0 Å². The molecule has 0 atom stereocenters. The Balaban J connectivity index is 1.84. The third-order valence-electron chi connectivity index (χ3n) is 3.01. The molecule has 1 aromatic heterocycles. The first-order chi connectivity index (χ1) is 8.92. The van der Waals surface area contributed by atoms with Gasteiger partial charge in [0.1, 0.15) is 5.01 Å². The number of thiazole rings is 1. The standard InChI is InChI=1S/C14H23N3OS/c1-14(2,3)16-12(18)8-11-10-19-13(15-11)9-17-6-4-5-7-17/h10H,4-9H2,1-3H3,(H,16,18). The van der Waals surface area contributed by atoms with E-state index < -0.39 is 0 Å². The van der Waals surface area contributed by atoms with Crippen molar-refractivity contribution in [3.8, 4) is 0 Å². The Morgan fingerprint density at radius 1 is 1.42 bits per heavy atom. The second kappa shape index (κ2) is 6.01. The lowest BCUT2D eigenvalue weighted by molar-refractivity contribution is -0.121. The minimum Gasteiger partial charge on any atom is -0.351 e. The fourth-order valence-electron chi connectivity index (χ4n) is 2.26. The number of carbonyl (C=O) groups excluding carboxylic acids is 1. The molecule has 106 valence electrons. The van der Waals surface area contributed by atoms with E-state index in [1.807, 2.05) is 26.2 Å². The highest BCUT2D eigenvalue weighted by atomic mass is 32.1. The summed E-state index contributed by atoms with van der Waals surface area (Å²) < 4.78 is 0. The van der Waals surface area contributed by atoms with E-state index >= 15 is 0 Å². The van der Waals surface area contributed by atoms with Gasteiger partial charge in [-0.2, -0.15) is 0 Å². The van der Waals surface area contributed by atoms with Gasteiger partial charge in [0.05, 0.1) is 18.7 Å². The highest BCUT2D eigenvalue weighted by Gasteiger charge is 2.17. The Labute approximate surface area is 119 Å². The summed E-state index contributed by atoms with van der Waals surface area (Å²) in [6, 6.07) is 0. The largest absolute Gasteiger partial charge is 0.351 e. The molecule has 2 rings (SSSR count). The van der Waals surface area contributed by atoms with E-state index in [1.165, 1.54) is 25.9 Å². The van der Waals surface area contributed by atoms with E-state index in [1.54, 1.807) is 11.3 Å². The van der Waals surface area contributed by atoms with Crippen molar-refractivity contribution in [3.63, 3.8) is 0 Å². The number of aromatic nitrogens is 1. The van der Waals surface area contributed by atoms with Gasteiger partial charge in [-0.15, -0.1) is 11.3 Å². The summed E-state index contributed by atoms with van der Waals surface area (Å²) in [6.07, 6.45) is 2.98. The summed E-state index contributed by atoms with van der Waals surface area (Å²) in [5, 5.41) is 6.10. The Morgan fingerprint density at radius 3 is 2.74 bits per heavy atom. The number of hydrogen-bond donors (Lipinski definition) is 1. The van der Waals surface area contributed by atoms with E-state index in [9.17, 15) is 4.79 Å². The molecule has 1 saturated heterocycles. The lowest BCUT2D eigenvalue weighted by atomic mass is 10.1. The molecule has 0 radical (unpaired) electrons. The summed E-state index contributed by atoms with van der Waals surface area (Å²) in [4.78, 5) is 18.8. The molecule has 1 aromatic rings. The van der Waals surface area contributed by atoms with Crippen molar-refractivity contribution in [2.24, 2.45) is 0 Å². The molecule has 1 N–H and O–H groups in total. The third kappa shape index (κ3) is 4.91. The van der Waals surface area contributed by atoms with Crippen LogP contribution in [-0.2, 0) is 17.8 Å². The van der Waals surface area contributed by atoms with Gasteiger partial charge in [0.25, 0.3) is 0 Å². The van der Waals surface area contributed by atoms with E-state index in [-0.39, 0.29) is 11.4 Å². The van der Waals surface area contributed by atoms with Crippen LogP contribution in [0.15, 0.2) is 5.38 Å². The Kier molecular flexibility index (Phi) is 4.58. The molecular formula is C14H23N3OS. The van der Waals surface area contributed by atoms with Crippen LogP contribution in [0.1, 0.15) is 44.3 Å². The van der Waals surface area contributed by atoms with Gasteiger partial charge in [-0.3, -0.25) is 9.69 Å². The Hall–Kier alpha value is -0.940. The average Bonchev–Trinajstić information content (AvgIpc) is 2.88. The molecule has 1 aliphatic heterocycles. The molecule has 5 heteroatoms. The first kappa shape index (κ1) is 14.5. The van der Waals surface area contributed by atoms with Crippen LogP contribution in [0, 0.1) is 0 Å². The zero-order valence-corrected chi connectivity index (χ0v) is 12.8. The van der Waals surface area contributed by atoms with Gasteiger partial charge < -0.3 is 5.32 Å². The first-order valence-corrected chi connectivity index (χ1v) is 7.77. The van der Waals surface area contributed by atoms with Crippen molar-refractivity contribution in [1.29, 1.82) is 0 Å². The molecule has 0 aliphatic carbocycles. The van der Waals surface area contributed by atoms with Crippen LogP contribution in [0.2, 0.25) is 0 Å². The number of likely N-dealkylation sites (tertiary alicyclic amines) is 1. The van der Waals surface area contributed by atoms with Gasteiger partial charge in [0.15, 0.2) is 0 Å². The van der Waals surface area contributed by atoms with Gasteiger partial charge in [-0.1, -0.05) is 0 Å². The summed E-state index contributed by atoms with van der Waals surface area (Å²) in [7, 11) is 0. The van der Waals surface area contributed by atoms with Crippen LogP contribution in [0.25, 0.3) is 0 Å². The number of amides is 1. The van der Waals surface area contributed by atoms with Crippen LogP contribution >= 0.6 is 11.3 Å². The molecule has 1 amide bonds. The number of nitrogens with zero attached hydrogens (tertiary/aromatic N) is 2. The first-order valence-electron chi connectivity index (χ1n) is 6.89. The average molecular weight is 281 g/mol. The lowest BCUT2D eigenvalue weighted by Crippen LogP contribution is -2.41. The van der Waals surface area contributed by atoms with Crippen LogP contribution in [-0.4, -0.2) is 34.4 Å². The van der Waals surface area contributed by atoms with Crippen molar-refractivity contribution in [3.05, 3.63) is 16.1 Å². The quantitative estimate of drug-likeness (QED) is 0.920. The highest BCUT2D eigenvalue weighted by Crippen LogP contribution is 2.16. The second-order valence-electron chi connectivity index (χ2n) is 6.19. The van der Waals surface area contributed by atoms with Crippen molar-refractivity contribution in [1.82, 2.24) is 15.2 Å². The zero-order chi connectivity index (χ0) is 13.9. The molecule has 19 heavy (non-hydrogen) atoms. The maximum absolute atomic E-state index is 11.8. The molecule has 2 heterocycles. The van der Waals surface area contributed by atoms with Crippen LogP contribution < -0.4 is 5.32 Å². The normalized spacial score (nSPS) is 16.8. The summed E-state index contributed by atoms with van der Waals surface area (Å²) >= 11 is 1.66. The molecule has 0 spiro atoms. The Bertz CT molecular complexity index is 430. The van der Waals surface area contributed by atoms with Crippen molar-refractivity contribution in [2.75, 3.05) is 13.1 Å². The monoisotopic (exact) mass is 281 g/mol. The fourth-order valence-corrected chi connectivity index (χ4v) is 3.10. The van der Waals surface area contributed by atoms with E-state index in [0.29, 0.717) is 6.42 Å². The highest BCUT2D eigenvalue weighted by molar-refractivity contribution is 7.09. The van der Waals surface area contributed by atoms with Gasteiger partial charge >= 0.3 is 0 Å². The van der Waals surface area contributed by atoms with Crippen LogP contribution in [0.3, 0.4) is 0 Å². The summed E-state index contributed by atoms with van der Waals surface area (Å²) in [5.74, 6) is 0.0468. The second-order valence-corrected chi connectivity index (χ2v) is 7.13. The van der Waals surface area contributed by atoms with Gasteiger partial charge in [0.2, 0.25) is 5.91 Å². The molecule has 0 saturated carbocycles. The van der Waals surface area contributed by atoms with Crippen molar-refractivity contribution < 1.29 is 4.79 Å². The van der Waals surface area contributed by atoms with Crippen LogP contribution in [0.4, 0.5) is 0 Å². The molecule has 0 bridgehead atoms. The minimum atomic E-state index is -0.175. The van der Waals surface area contributed by atoms with E-state index in [0.717, 1.165) is 17.2 Å². The molecule has 0 aromatic carbocycles. The lowest BCUT2D eigenvalue weighted by Gasteiger charge is -2.20. The fraction of sp³-hybridized carbons (Fsp3) is 0.714. The molecular weight excluding hydrogens is 258 g/mol. The zero-order valence-electron chi connectivity index (χ0n) is 12.0. The predicted molar refractivity (Wildman–Crippen MR) is 78.2 cm³/mol. The molecule has 0 unspecified atom stereocenters. The maximum atomic E-state index is 11.8. The number of hydrogen-bond acceptors (Lipinski definition) is 4. The summed E-state index contributed by atoms with van der Waals surface area (Å²) in [5.41, 5.74) is 0.715. The summed E-state index contributed by atoms with van der Waals surface area (Å²) in [6.45, 7) is 9.27. The number of nitrogens with one attached hydrogen (secondary N) is 1.